The van der Waals surface area contributed by atoms with Crippen LogP contribution in [0.1, 0.15) is 6.92 Å². The van der Waals surface area contributed by atoms with E-state index in [1.165, 1.54) is 0 Å². The third kappa shape index (κ3) is 4.72. The highest BCUT2D eigenvalue weighted by atomic mass is 16.5. The third-order valence-electron chi connectivity index (χ3n) is 3.91. The Balaban J connectivity index is 1.62. The molecule has 2 fully saturated rings. The lowest BCUT2D eigenvalue weighted by atomic mass is 10.2. The summed E-state index contributed by atoms with van der Waals surface area (Å²) < 4.78 is 5.30. The van der Waals surface area contributed by atoms with Crippen molar-refractivity contribution in [2.75, 3.05) is 65.6 Å². The number of rotatable bonds is 5. The zero-order chi connectivity index (χ0) is 13.5. The molecule has 6 nitrogen and oxygen atoms in total. The average Bonchev–Trinajstić information content (AvgIpc) is 2.48. The van der Waals surface area contributed by atoms with Crippen LogP contribution in [0.2, 0.25) is 0 Å². The lowest BCUT2D eigenvalue weighted by Gasteiger charge is -2.32. The van der Waals surface area contributed by atoms with E-state index in [2.05, 4.69) is 20.4 Å². The van der Waals surface area contributed by atoms with Gasteiger partial charge in [0.2, 0.25) is 5.91 Å². The first-order valence-electron chi connectivity index (χ1n) is 7.30. The molecule has 6 heteroatoms. The third-order valence-corrected chi connectivity index (χ3v) is 3.91. The number of piperazine rings is 1. The van der Waals surface area contributed by atoms with E-state index in [0.717, 1.165) is 65.6 Å². The Morgan fingerprint density at radius 1 is 1.26 bits per heavy atom. The van der Waals surface area contributed by atoms with Crippen LogP contribution in [-0.4, -0.2) is 87.3 Å². The van der Waals surface area contributed by atoms with E-state index in [1.807, 2.05) is 6.92 Å². The molecule has 2 saturated heterocycles. The summed E-state index contributed by atoms with van der Waals surface area (Å²) in [5, 5.41) is 6.35. The minimum atomic E-state index is -0.0215. The Morgan fingerprint density at radius 3 is 2.63 bits per heavy atom. The fraction of sp³-hybridized carbons (Fsp3) is 0.923. The van der Waals surface area contributed by atoms with Gasteiger partial charge < -0.3 is 15.4 Å². The van der Waals surface area contributed by atoms with Crippen LogP contribution in [0.4, 0.5) is 0 Å². The van der Waals surface area contributed by atoms with Gasteiger partial charge in [0.1, 0.15) is 0 Å². The molecule has 2 aliphatic heterocycles. The van der Waals surface area contributed by atoms with Crippen molar-refractivity contribution in [2.45, 2.75) is 13.0 Å². The van der Waals surface area contributed by atoms with Crippen LogP contribution in [0.25, 0.3) is 0 Å². The number of carbonyl (C=O) groups excluding carboxylic acids is 1. The minimum Gasteiger partial charge on any atom is -0.379 e. The molecule has 1 unspecified atom stereocenters. The first-order chi connectivity index (χ1) is 9.27. The van der Waals surface area contributed by atoms with E-state index in [4.69, 9.17) is 4.74 Å². The van der Waals surface area contributed by atoms with Gasteiger partial charge in [0.05, 0.1) is 19.3 Å². The summed E-state index contributed by atoms with van der Waals surface area (Å²) in [5.74, 6) is 0.148. The smallest absolute Gasteiger partial charge is 0.237 e. The number of carbonyl (C=O) groups is 1. The zero-order valence-electron chi connectivity index (χ0n) is 11.9. The molecule has 110 valence electrons. The van der Waals surface area contributed by atoms with Crippen LogP contribution in [0.5, 0.6) is 0 Å². The normalized spacial score (nSPS) is 24.1. The maximum Gasteiger partial charge on any atom is 0.237 e. The number of amides is 1. The molecular formula is C13H26N4O2. The largest absolute Gasteiger partial charge is 0.379 e. The molecule has 0 radical (unpaired) electrons. The molecule has 2 aliphatic rings. The second kappa shape index (κ2) is 7.79. The zero-order valence-corrected chi connectivity index (χ0v) is 11.9. The van der Waals surface area contributed by atoms with Gasteiger partial charge in [-0.1, -0.05) is 0 Å². The number of morpholine rings is 1. The summed E-state index contributed by atoms with van der Waals surface area (Å²) in [6.07, 6.45) is 0. The molecule has 2 N–H and O–H groups in total. The van der Waals surface area contributed by atoms with Crippen LogP contribution in [0.3, 0.4) is 0 Å². The highest BCUT2D eigenvalue weighted by Crippen LogP contribution is 2.01. The molecule has 19 heavy (non-hydrogen) atoms. The molecule has 0 aliphatic carbocycles. The summed E-state index contributed by atoms with van der Waals surface area (Å²) in [6.45, 7) is 11.1. The molecule has 2 heterocycles. The second-order valence-corrected chi connectivity index (χ2v) is 5.21. The van der Waals surface area contributed by atoms with Gasteiger partial charge >= 0.3 is 0 Å². The quantitative estimate of drug-likeness (QED) is 0.652. The molecule has 0 aromatic heterocycles. The van der Waals surface area contributed by atoms with E-state index in [-0.39, 0.29) is 11.9 Å². The number of hydrogen-bond acceptors (Lipinski definition) is 5. The van der Waals surface area contributed by atoms with Gasteiger partial charge in [-0.2, -0.15) is 0 Å². The van der Waals surface area contributed by atoms with Crippen LogP contribution in [0, 0.1) is 0 Å². The Hall–Kier alpha value is -0.690. The van der Waals surface area contributed by atoms with Gasteiger partial charge in [-0.15, -0.1) is 0 Å². The van der Waals surface area contributed by atoms with Gasteiger partial charge in [0.15, 0.2) is 0 Å². The Labute approximate surface area is 115 Å². The van der Waals surface area contributed by atoms with E-state index in [0.29, 0.717) is 0 Å². The number of ether oxygens (including phenoxy) is 1. The predicted octanol–water partition coefficient (Wildman–Crippen LogP) is -1.27. The molecule has 2 rings (SSSR count). The Morgan fingerprint density at radius 2 is 1.95 bits per heavy atom. The number of hydrogen-bond donors (Lipinski definition) is 2. The van der Waals surface area contributed by atoms with Crippen LogP contribution in [0.15, 0.2) is 0 Å². The molecule has 0 bridgehead atoms. The minimum absolute atomic E-state index is 0.0215. The first kappa shape index (κ1) is 14.7. The van der Waals surface area contributed by atoms with E-state index in [9.17, 15) is 4.79 Å². The van der Waals surface area contributed by atoms with E-state index < -0.39 is 0 Å². The molecular weight excluding hydrogens is 244 g/mol. The van der Waals surface area contributed by atoms with Crippen LogP contribution >= 0.6 is 0 Å². The predicted molar refractivity (Wildman–Crippen MR) is 74.2 cm³/mol. The maximum atomic E-state index is 12.1. The molecule has 1 atom stereocenters. The van der Waals surface area contributed by atoms with Crippen molar-refractivity contribution in [1.82, 2.24) is 20.4 Å². The molecule has 1 amide bonds. The Bertz CT molecular complexity index is 276. The Kier molecular flexibility index (Phi) is 6.03. The van der Waals surface area contributed by atoms with Crippen molar-refractivity contribution in [3.05, 3.63) is 0 Å². The monoisotopic (exact) mass is 270 g/mol. The number of nitrogens with zero attached hydrogens (tertiary/aromatic N) is 2. The van der Waals surface area contributed by atoms with Crippen molar-refractivity contribution < 1.29 is 9.53 Å². The summed E-state index contributed by atoms with van der Waals surface area (Å²) in [5.41, 5.74) is 0. The standard InChI is InChI=1S/C13H26N4O2/c1-12(17-6-2-14-3-7-17)13(18)15-4-5-16-8-10-19-11-9-16/h12,14H,2-11H2,1H3,(H,15,18). The summed E-state index contributed by atoms with van der Waals surface area (Å²) in [4.78, 5) is 16.6. The molecule has 0 aromatic carbocycles. The maximum absolute atomic E-state index is 12.1. The van der Waals surface area contributed by atoms with Crippen molar-refractivity contribution in [3.8, 4) is 0 Å². The second-order valence-electron chi connectivity index (χ2n) is 5.21. The summed E-state index contributed by atoms with van der Waals surface area (Å²) >= 11 is 0. The average molecular weight is 270 g/mol. The summed E-state index contributed by atoms with van der Waals surface area (Å²) in [6, 6.07) is -0.0215. The SMILES string of the molecule is CC(C(=O)NCCN1CCOCC1)N1CCNCC1. The highest BCUT2D eigenvalue weighted by Gasteiger charge is 2.22. The molecule has 0 aromatic rings. The van der Waals surface area contributed by atoms with Crippen LogP contribution in [-0.2, 0) is 9.53 Å². The fourth-order valence-electron chi connectivity index (χ4n) is 2.54. The van der Waals surface area contributed by atoms with E-state index in [1.54, 1.807) is 0 Å². The topological polar surface area (TPSA) is 56.8 Å². The highest BCUT2D eigenvalue weighted by molar-refractivity contribution is 5.81. The fourth-order valence-corrected chi connectivity index (χ4v) is 2.54. The van der Waals surface area contributed by atoms with Crippen molar-refractivity contribution >= 4 is 5.91 Å². The first-order valence-corrected chi connectivity index (χ1v) is 7.30. The van der Waals surface area contributed by atoms with Crippen molar-refractivity contribution in [2.24, 2.45) is 0 Å². The van der Waals surface area contributed by atoms with Gasteiger partial charge in [0.25, 0.3) is 0 Å². The van der Waals surface area contributed by atoms with Gasteiger partial charge in [-0.05, 0) is 6.92 Å². The number of nitrogens with one attached hydrogen (secondary N) is 2. The van der Waals surface area contributed by atoms with Crippen molar-refractivity contribution in [1.29, 1.82) is 0 Å². The lowest BCUT2D eigenvalue weighted by Crippen LogP contribution is -2.53. The molecule has 0 saturated carbocycles. The van der Waals surface area contributed by atoms with Gasteiger partial charge in [-0.3, -0.25) is 14.6 Å². The van der Waals surface area contributed by atoms with Crippen molar-refractivity contribution in [3.63, 3.8) is 0 Å². The van der Waals surface area contributed by atoms with E-state index >= 15 is 0 Å². The summed E-state index contributed by atoms with van der Waals surface area (Å²) in [7, 11) is 0. The van der Waals surface area contributed by atoms with Crippen LogP contribution < -0.4 is 10.6 Å². The lowest BCUT2D eigenvalue weighted by molar-refractivity contribution is -0.126. The molecule has 0 spiro atoms. The van der Waals surface area contributed by atoms with Gasteiger partial charge in [-0.25, -0.2) is 0 Å². The van der Waals surface area contributed by atoms with Gasteiger partial charge in [0, 0.05) is 52.4 Å².